The Morgan fingerprint density at radius 3 is 2.67 bits per heavy atom. The van der Waals surface area contributed by atoms with Crippen molar-refractivity contribution in [2.45, 2.75) is 19.5 Å². The third-order valence-corrected chi connectivity index (χ3v) is 4.28. The minimum Gasteiger partial charge on any atom is -0.353 e. The Balaban J connectivity index is 1.56. The number of aromatic nitrogens is 3. The fourth-order valence-electron chi connectivity index (χ4n) is 2.78. The zero-order valence-corrected chi connectivity index (χ0v) is 12.9. The topological polar surface area (TPSA) is 37.2 Å². The molecule has 0 aliphatic carbocycles. The van der Waals surface area contributed by atoms with Crippen molar-refractivity contribution in [3.8, 4) is 0 Å². The third kappa shape index (κ3) is 3.36. The Hall–Kier alpha value is -1.59. The van der Waals surface area contributed by atoms with Crippen molar-refractivity contribution in [3.05, 3.63) is 41.8 Å². The van der Waals surface area contributed by atoms with Gasteiger partial charge in [0.15, 0.2) is 0 Å². The molecule has 0 amide bonds. The summed E-state index contributed by atoms with van der Waals surface area (Å²) in [7, 11) is 0. The van der Waals surface area contributed by atoms with Crippen molar-refractivity contribution in [1.29, 1.82) is 0 Å². The monoisotopic (exact) mass is 305 g/mol. The van der Waals surface area contributed by atoms with Gasteiger partial charge in [-0.2, -0.15) is 5.10 Å². The minimum absolute atomic E-state index is 0.478. The summed E-state index contributed by atoms with van der Waals surface area (Å²) < 4.78 is 1.99. The molecule has 112 valence electrons. The fourth-order valence-corrected chi connectivity index (χ4v) is 3.02. The summed E-state index contributed by atoms with van der Waals surface area (Å²) in [4.78, 5) is 9.15. The number of hydrogen-bond acceptors (Lipinski definition) is 4. The Morgan fingerprint density at radius 2 is 2.00 bits per heavy atom. The van der Waals surface area contributed by atoms with Crippen LogP contribution in [0, 0.1) is 0 Å². The van der Waals surface area contributed by atoms with Gasteiger partial charge in [-0.3, -0.25) is 9.58 Å². The van der Waals surface area contributed by atoms with Crippen LogP contribution >= 0.6 is 11.6 Å². The van der Waals surface area contributed by atoms with Crippen LogP contribution in [0.25, 0.3) is 0 Å². The molecule has 0 aromatic carbocycles. The first-order valence-electron chi connectivity index (χ1n) is 7.31. The normalized spacial score (nSPS) is 17.9. The second kappa shape index (κ2) is 6.45. The Kier molecular flexibility index (Phi) is 4.41. The highest BCUT2D eigenvalue weighted by Crippen LogP contribution is 2.23. The number of anilines is 1. The van der Waals surface area contributed by atoms with E-state index in [0.29, 0.717) is 6.04 Å². The average molecular weight is 306 g/mol. The van der Waals surface area contributed by atoms with E-state index in [2.05, 4.69) is 26.8 Å². The minimum atomic E-state index is 0.478. The number of rotatable bonds is 4. The number of nitrogens with zero attached hydrogens (tertiary/aromatic N) is 5. The highest BCUT2D eigenvalue weighted by molar-refractivity contribution is 6.32. The number of piperazine rings is 1. The van der Waals surface area contributed by atoms with Gasteiger partial charge in [0.1, 0.15) is 5.82 Å². The van der Waals surface area contributed by atoms with Crippen molar-refractivity contribution in [3.63, 3.8) is 0 Å². The van der Waals surface area contributed by atoms with Crippen molar-refractivity contribution >= 4 is 17.4 Å². The quantitative estimate of drug-likeness (QED) is 0.867. The maximum absolute atomic E-state index is 6.22. The van der Waals surface area contributed by atoms with Crippen LogP contribution in [0.4, 0.5) is 5.82 Å². The molecule has 1 atom stereocenters. The molecule has 3 heterocycles. The van der Waals surface area contributed by atoms with E-state index in [9.17, 15) is 0 Å². The van der Waals surface area contributed by atoms with E-state index in [4.69, 9.17) is 11.6 Å². The van der Waals surface area contributed by atoms with Gasteiger partial charge in [-0.1, -0.05) is 11.6 Å². The number of hydrogen-bond donors (Lipinski definition) is 0. The largest absolute Gasteiger partial charge is 0.353 e. The predicted molar refractivity (Wildman–Crippen MR) is 84.7 cm³/mol. The first kappa shape index (κ1) is 14.4. The van der Waals surface area contributed by atoms with Crippen LogP contribution in [0.3, 0.4) is 0 Å². The number of pyridine rings is 1. The van der Waals surface area contributed by atoms with Gasteiger partial charge in [-0.25, -0.2) is 4.98 Å². The van der Waals surface area contributed by atoms with Crippen LogP contribution in [0.2, 0.25) is 5.02 Å². The van der Waals surface area contributed by atoms with Gasteiger partial charge in [0, 0.05) is 50.8 Å². The van der Waals surface area contributed by atoms with Crippen LogP contribution < -0.4 is 4.90 Å². The molecule has 6 heteroatoms. The molecule has 0 spiro atoms. The highest BCUT2D eigenvalue weighted by atomic mass is 35.5. The first-order chi connectivity index (χ1) is 10.2. The van der Waals surface area contributed by atoms with E-state index in [-0.39, 0.29) is 0 Å². The van der Waals surface area contributed by atoms with Gasteiger partial charge < -0.3 is 4.90 Å². The van der Waals surface area contributed by atoms with E-state index >= 15 is 0 Å². The lowest BCUT2D eigenvalue weighted by Crippen LogP contribution is -2.50. The van der Waals surface area contributed by atoms with Crippen molar-refractivity contribution in [2.75, 3.05) is 31.1 Å². The summed E-state index contributed by atoms with van der Waals surface area (Å²) in [6, 6.07) is 6.21. The molecule has 1 saturated heterocycles. The summed E-state index contributed by atoms with van der Waals surface area (Å²) >= 11 is 6.22. The molecule has 1 aliphatic rings. The third-order valence-electron chi connectivity index (χ3n) is 3.99. The van der Waals surface area contributed by atoms with Crippen LogP contribution in [0.5, 0.6) is 0 Å². The lowest BCUT2D eigenvalue weighted by molar-refractivity contribution is 0.176. The predicted octanol–water partition coefficient (Wildman–Crippen LogP) is 2.14. The summed E-state index contributed by atoms with van der Waals surface area (Å²) in [5.41, 5.74) is 0. The Morgan fingerprint density at radius 1 is 1.19 bits per heavy atom. The molecule has 1 unspecified atom stereocenters. The molecule has 0 saturated carbocycles. The van der Waals surface area contributed by atoms with Crippen molar-refractivity contribution in [1.82, 2.24) is 19.7 Å². The smallest absolute Gasteiger partial charge is 0.147 e. The molecule has 21 heavy (non-hydrogen) atoms. The second-order valence-electron chi connectivity index (χ2n) is 5.41. The molecule has 0 N–H and O–H groups in total. The molecule has 2 aromatic rings. The zero-order chi connectivity index (χ0) is 14.7. The lowest BCUT2D eigenvalue weighted by atomic mass is 10.2. The van der Waals surface area contributed by atoms with Crippen LogP contribution in [0.15, 0.2) is 36.8 Å². The average Bonchev–Trinajstić information content (AvgIpc) is 3.01. The van der Waals surface area contributed by atoms with Crippen LogP contribution in [-0.2, 0) is 6.54 Å². The van der Waals surface area contributed by atoms with Gasteiger partial charge in [0.05, 0.1) is 11.6 Å². The highest BCUT2D eigenvalue weighted by Gasteiger charge is 2.23. The summed E-state index contributed by atoms with van der Waals surface area (Å²) in [6.45, 7) is 7.15. The van der Waals surface area contributed by atoms with Gasteiger partial charge in [-0.05, 0) is 25.1 Å². The van der Waals surface area contributed by atoms with Crippen LogP contribution in [0.1, 0.15) is 6.92 Å². The van der Waals surface area contributed by atoms with E-state index in [1.165, 1.54) is 0 Å². The van der Waals surface area contributed by atoms with Crippen molar-refractivity contribution in [2.24, 2.45) is 0 Å². The van der Waals surface area contributed by atoms with Crippen LogP contribution in [-0.4, -0.2) is 51.9 Å². The molecular weight excluding hydrogens is 286 g/mol. The van der Waals surface area contributed by atoms with E-state index in [1.807, 2.05) is 35.3 Å². The maximum Gasteiger partial charge on any atom is 0.147 e. The fraction of sp³-hybridized carbons (Fsp3) is 0.467. The molecule has 5 nitrogen and oxygen atoms in total. The Bertz CT molecular complexity index is 563. The SMILES string of the molecule is CC(Cn1cccn1)N1CCN(c2ncccc2Cl)CC1. The molecule has 1 aliphatic heterocycles. The first-order valence-corrected chi connectivity index (χ1v) is 7.69. The molecular formula is C15H20ClN5. The molecule has 1 fully saturated rings. The zero-order valence-electron chi connectivity index (χ0n) is 12.2. The van der Waals surface area contributed by atoms with Gasteiger partial charge in [0.25, 0.3) is 0 Å². The lowest BCUT2D eigenvalue weighted by Gasteiger charge is -2.38. The van der Waals surface area contributed by atoms with Gasteiger partial charge in [-0.15, -0.1) is 0 Å². The van der Waals surface area contributed by atoms with Crippen molar-refractivity contribution < 1.29 is 0 Å². The molecule has 3 rings (SSSR count). The Labute approximate surface area is 130 Å². The summed E-state index contributed by atoms with van der Waals surface area (Å²) in [5, 5.41) is 5.01. The standard InChI is InChI=1S/C15H20ClN5/c1-13(12-21-7-3-6-18-21)19-8-10-20(11-9-19)15-14(16)4-2-5-17-15/h2-7,13H,8-12H2,1H3. The van der Waals surface area contributed by atoms with E-state index in [0.717, 1.165) is 43.6 Å². The second-order valence-corrected chi connectivity index (χ2v) is 5.82. The summed E-state index contributed by atoms with van der Waals surface area (Å²) in [6.07, 6.45) is 5.64. The molecule has 0 bridgehead atoms. The molecule has 2 aromatic heterocycles. The molecule has 0 radical (unpaired) electrons. The summed E-state index contributed by atoms with van der Waals surface area (Å²) in [5.74, 6) is 0.901. The van der Waals surface area contributed by atoms with E-state index < -0.39 is 0 Å². The van der Waals surface area contributed by atoms with Gasteiger partial charge in [0.2, 0.25) is 0 Å². The van der Waals surface area contributed by atoms with Gasteiger partial charge >= 0.3 is 0 Å². The number of halogens is 1. The van der Waals surface area contributed by atoms with E-state index in [1.54, 1.807) is 6.20 Å². The maximum atomic E-state index is 6.22.